The number of hydrogen-bond donors (Lipinski definition) is 2. The fourth-order valence-corrected chi connectivity index (χ4v) is 2.62. The van der Waals surface area contributed by atoms with E-state index < -0.39 is 17.9 Å². The summed E-state index contributed by atoms with van der Waals surface area (Å²) in [4.78, 5) is 23.2. The summed E-state index contributed by atoms with van der Waals surface area (Å²) < 4.78 is 3.95. The SMILES string of the molecule is CC(C(=O)O)n1ccc(C(=O)Nc2ccc(Cn3cc(Br)cn3)cc2)n1. The van der Waals surface area contributed by atoms with Crippen molar-refractivity contribution in [1.82, 2.24) is 19.6 Å². The van der Waals surface area contributed by atoms with Crippen LogP contribution in [0.25, 0.3) is 0 Å². The normalized spacial score (nSPS) is 11.9. The van der Waals surface area contributed by atoms with E-state index in [1.807, 2.05) is 18.3 Å². The molecule has 0 radical (unpaired) electrons. The third-order valence-electron chi connectivity index (χ3n) is 3.75. The van der Waals surface area contributed by atoms with Gasteiger partial charge in [0, 0.05) is 18.1 Å². The molecule has 1 aromatic carbocycles. The highest BCUT2D eigenvalue weighted by atomic mass is 79.9. The molecule has 2 heterocycles. The van der Waals surface area contributed by atoms with Gasteiger partial charge in [0.1, 0.15) is 6.04 Å². The molecular formula is C17H16BrN5O3. The highest BCUT2D eigenvalue weighted by Crippen LogP contribution is 2.14. The smallest absolute Gasteiger partial charge is 0.328 e. The van der Waals surface area contributed by atoms with Gasteiger partial charge in [-0.15, -0.1) is 0 Å². The molecule has 1 amide bonds. The van der Waals surface area contributed by atoms with Crippen LogP contribution in [-0.4, -0.2) is 36.5 Å². The molecule has 26 heavy (non-hydrogen) atoms. The second-order valence-electron chi connectivity index (χ2n) is 5.70. The van der Waals surface area contributed by atoms with E-state index in [-0.39, 0.29) is 5.69 Å². The Morgan fingerprint density at radius 3 is 2.62 bits per heavy atom. The van der Waals surface area contributed by atoms with E-state index in [9.17, 15) is 9.59 Å². The second-order valence-corrected chi connectivity index (χ2v) is 6.62. The molecule has 0 saturated carbocycles. The zero-order chi connectivity index (χ0) is 18.7. The Balaban J connectivity index is 1.63. The molecule has 0 aliphatic heterocycles. The number of anilines is 1. The quantitative estimate of drug-likeness (QED) is 0.641. The first-order valence-electron chi connectivity index (χ1n) is 7.78. The maximum atomic E-state index is 12.2. The lowest BCUT2D eigenvalue weighted by Crippen LogP contribution is -2.18. The van der Waals surface area contributed by atoms with Crippen molar-refractivity contribution in [1.29, 1.82) is 0 Å². The van der Waals surface area contributed by atoms with Crippen LogP contribution in [-0.2, 0) is 11.3 Å². The van der Waals surface area contributed by atoms with Gasteiger partial charge in [0.25, 0.3) is 5.91 Å². The predicted octanol–water partition coefficient (Wildman–Crippen LogP) is 2.79. The molecule has 0 fully saturated rings. The van der Waals surface area contributed by atoms with Crippen LogP contribution < -0.4 is 5.32 Å². The summed E-state index contributed by atoms with van der Waals surface area (Å²) in [6, 6.07) is 8.04. The third kappa shape index (κ3) is 4.17. The molecule has 8 nitrogen and oxygen atoms in total. The number of carbonyl (C=O) groups excluding carboxylic acids is 1. The van der Waals surface area contributed by atoms with Gasteiger partial charge in [0.05, 0.1) is 17.2 Å². The summed E-state index contributed by atoms with van der Waals surface area (Å²) in [6.07, 6.45) is 5.07. The van der Waals surface area contributed by atoms with Crippen LogP contribution in [0, 0.1) is 0 Å². The van der Waals surface area contributed by atoms with Gasteiger partial charge in [-0.2, -0.15) is 10.2 Å². The average molecular weight is 418 g/mol. The molecular weight excluding hydrogens is 402 g/mol. The number of aliphatic carboxylic acids is 1. The minimum absolute atomic E-state index is 0.156. The van der Waals surface area contributed by atoms with Crippen molar-refractivity contribution in [2.24, 2.45) is 0 Å². The number of nitrogens with one attached hydrogen (secondary N) is 1. The molecule has 1 unspecified atom stereocenters. The van der Waals surface area contributed by atoms with Gasteiger partial charge in [0.15, 0.2) is 5.69 Å². The van der Waals surface area contributed by atoms with Crippen molar-refractivity contribution in [3.05, 3.63) is 64.7 Å². The lowest BCUT2D eigenvalue weighted by Gasteiger charge is -2.07. The van der Waals surface area contributed by atoms with Crippen LogP contribution in [0.5, 0.6) is 0 Å². The highest BCUT2D eigenvalue weighted by Gasteiger charge is 2.17. The summed E-state index contributed by atoms with van der Waals surface area (Å²) in [5.41, 5.74) is 1.82. The van der Waals surface area contributed by atoms with E-state index in [1.165, 1.54) is 23.9 Å². The van der Waals surface area contributed by atoms with Crippen molar-refractivity contribution in [3.8, 4) is 0 Å². The third-order valence-corrected chi connectivity index (χ3v) is 4.16. The lowest BCUT2D eigenvalue weighted by atomic mass is 10.2. The Labute approximate surface area is 157 Å². The number of benzene rings is 1. The molecule has 3 rings (SSSR count). The first kappa shape index (κ1) is 17.9. The minimum Gasteiger partial charge on any atom is -0.480 e. The van der Waals surface area contributed by atoms with E-state index in [0.717, 1.165) is 10.0 Å². The molecule has 0 aliphatic carbocycles. The van der Waals surface area contributed by atoms with Crippen LogP contribution in [0.1, 0.15) is 29.0 Å². The molecule has 0 spiro atoms. The zero-order valence-electron chi connectivity index (χ0n) is 13.8. The number of rotatable bonds is 6. The summed E-state index contributed by atoms with van der Waals surface area (Å²) in [6.45, 7) is 2.12. The molecule has 0 saturated heterocycles. The maximum Gasteiger partial charge on any atom is 0.328 e. The van der Waals surface area contributed by atoms with E-state index in [4.69, 9.17) is 5.11 Å². The summed E-state index contributed by atoms with van der Waals surface area (Å²) in [5, 5.41) is 19.9. The maximum absolute atomic E-state index is 12.2. The predicted molar refractivity (Wildman–Crippen MR) is 98.0 cm³/mol. The van der Waals surface area contributed by atoms with Crippen molar-refractivity contribution in [2.45, 2.75) is 19.5 Å². The Bertz CT molecular complexity index is 932. The number of carbonyl (C=O) groups is 2. The Kier molecular flexibility index (Phi) is 5.17. The van der Waals surface area contributed by atoms with Crippen molar-refractivity contribution in [3.63, 3.8) is 0 Å². The first-order chi connectivity index (χ1) is 12.4. The van der Waals surface area contributed by atoms with E-state index in [2.05, 4.69) is 31.4 Å². The number of hydrogen-bond acceptors (Lipinski definition) is 4. The molecule has 1 atom stereocenters. The van der Waals surface area contributed by atoms with E-state index in [1.54, 1.807) is 23.0 Å². The highest BCUT2D eigenvalue weighted by molar-refractivity contribution is 9.10. The van der Waals surface area contributed by atoms with Gasteiger partial charge < -0.3 is 10.4 Å². The van der Waals surface area contributed by atoms with Gasteiger partial charge in [-0.25, -0.2) is 4.79 Å². The number of carboxylic acids is 1. The van der Waals surface area contributed by atoms with E-state index in [0.29, 0.717) is 12.2 Å². The number of amides is 1. The standard InChI is InChI=1S/C17H16BrN5O3/c1-11(17(25)26)23-7-6-15(21-23)16(24)20-14-4-2-12(3-5-14)9-22-10-13(18)8-19-22/h2-8,10-11H,9H2,1H3,(H,20,24)(H,25,26). The molecule has 2 aromatic heterocycles. The van der Waals surface area contributed by atoms with Gasteiger partial charge >= 0.3 is 5.97 Å². The van der Waals surface area contributed by atoms with Crippen molar-refractivity contribution >= 4 is 33.5 Å². The van der Waals surface area contributed by atoms with Crippen molar-refractivity contribution < 1.29 is 14.7 Å². The molecule has 3 aromatic rings. The summed E-state index contributed by atoms with van der Waals surface area (Å²) >= 11 is 3.35. The Hall–Kier alpha value is -2.94. The monoisotopic (exact) mass is 417 g/mol. The van der Waals surface area contributed by atoms with Gasteiger partial charge in [0.2, 0.25) is 0 Å². The summed E-state index contributed by atoms with van der Waals surface area (Å²) in [7, 11) is 0. The number of carboxylic acid groups (broad SMARTS) is 1. The van der Waals surface area contributed by atoms with Crippen LogP contribution >= 0.6 is 15.9 Å². The number of halogens is 1. The fraction of sp³-hybridized carbons (Fsp3) is 0.176. The van der Waals surface area contributed by atoms with Crippen LogP contribution in [0.15, 0.2) is 53.4 Å². The van der Waals surface area contributed by atoms with Gasteiger partial charge in [-0.1, -0.05) is 12.1 Å². The van der Waals surface area contributed by atoms with Crippen molar-refractivity contribution in [2.75, 3.05) is 5.32 Å². The second kappa shape index (κ2) is 7.52. The summed E-state index contributed by atoms with van der Waals surface area (Å²) in [5.74, 6) is -1.41. The molecule has 2 N–H and O–H groups in total. The zero-order valence-corrected chi connectivity index (χ0v) is 15.4. The van der Waals surface area contributed by atoms with E-state index >= 15 is 0 Å². The fourth-order valence-electron chi connectivity index (χ4n) is 2.29. The number of aromatic nitrogens is 4. The number of nitrogens with zero attached hydrogens (tertiary/aromatic N) is 4. The topological polar surface area (TPSA) is 102 Å². The molecule has 134 valence electrons. The Morgan fingerprint density at radius 1 is 1.27 bits per heavy atom. The first-order valence-corrected chi connectivity index (χ1v) is 8.58. The average Bonchev–Trinajstić information content (AvgIpc) is 3.25. The Morgan fingerprint density at radius 2 is 2.00 bits per heavy atom. The molecule has 0 bridgehead atoms. The molecule has 0 aliphatic rings. The van der Waals surface area contributed by atoms with Gasteiger partial charge in [-0.3, -0.25) is 14.2 Å². The minimum atomic E-state index is -1.01. The lowest BCUT2D eigenvalue weighted by molar-refractivity contribution is -0.140. The van der Waals surface area contributed by atoms with Crippen LogP contribution in [0.3, 0.4) is 0 Å². The molecule has 9 heteroatoms. The van der Waals surface area contributed by atoms with Crippen LogP contribution in [0.2, 0.25) is 0 Å². The van der Waals surface area contributed by atoms with Crippen LogP contribution in [0.4, 0.5) is 5.69 Å². The largest absolute Gasteiger partial charge is 0.480 e. The van der Waals surface area contributed by atoms with Gasteiger partial charge in [-0.05, 0) is 46.6 Å².